The van der Waals surface area contributed by atoms with Crippen molar-refractivity contribution in [2.24, 2.45) is 0 Å². The highest BCUT2D eigenvalue weighted by Gasteiger charge is 2.17. The molecule has 0 radical (unpaired) electrons. The van der Waals surface area contributed by atoms with Crippen LogP contribution < -0.4 is 15.5 Å². The van der Waals surface area contributed by atoms with Crippen LogP contribution >= 0.6 is 0 Å². The summed E-state index contributed by atoms with van der Waals surface area (Å²) in [5.41, 5.74) is 6.92. The molecular formula is C15H29N5O2. The van der Waals surface area contributed by atoms with E-state index in [1.807, 2.05) is 7.05 Å². The summed E-state index contributed by atoms with van der Waals surface area (Å²) < 4.78 is 10.3. The lowest BCUT2D eigenvalue weighted by Gasteiger charge is -2.27. The van der Waals surface area contributed by atoms with E-state index in [9.17, 15) is 0 Å². The molecule has 1 aromatic rings. The molecule has 22 heavy (non-hydrogen) atoms. The van der Waals surface area contributed by atoms with E-state index in [1.54, 1.807) is 20.5 Å². The second-order valence-corrected chi connectivity index (χ2v) is 5.18. The Kier molecular flexibility index (Phi) is 8.54. The molecule has 0 aliphatic carbocycles. The highest BCUT2D eigenvalue weighted by atomic mass is 16.5. The van der Waals surface area contributed by atoms with Gasteiger partial charge in [0, 0.05) is 40.9 Å². The Morgan fingerprint density at radius 3 is 2.18 bits per heavy atom. The summed E-state index contributed by atoms with van der Waals surface area (Å²) in [6.45, 7) is 5.72. The molecule has 0 spiro atoms. The molecule has 126 valence electrons. The molecule has 0 amide bonds. The van der Waals surface area contributed by atoms with Gasteiger partial charge in [0.25, 0.3) is 0 Å². The third-order valence-electron chi connectivity index (χ3n) is 3.48. The quantitative estimate of drug-likeness (QED) is 0.662. The molecule has 0 aromatic carbocycles. The van der Waals surface area contributed by atoms with Crippen molar-refractivity contribution in [1.29, 1.82) is 0 Å². The average Bonchev–Trinajstić information content (AvgIpc) is 2.53. The van der Waals surface area contributed by atoms with Crippen LogP contribution in [0.5, 0.6) is 0 Å². The highest BCUT2D eigenvalue weighted by Crippen LogP contribution is 2.28. The molecule has 1 heterocycles. The van der Waals surface area contributed by atoms with Crippen LogP contribution in [0.25, 0.3) is 0 Å². The highest BCUT2D eigenvalue weighted by molar-refractivity contribution is 5.75. The molecule has 0 saturated carbocycles. The maximum absolute atomic E-state index is 6.31. The molecule has 0 atom stereocenters. The minimum Gasteiger partial charge on any atom is -0.393 e. The summed E-state index contributed by atoms with van der Waals surface area (Å²) in [5.74, 6) is 1.51. The number of hydrogen-bond donors (Lipinski definition) is 1. The second kappa shape index (κ2) is 10.2. The van der Waals surface area contributed by atoms with Gasteiger partial charge in [-0.2, -0.15) is 0 Å². The Morgan fingerprint density at radius 1 is 1.05 bits per heavy atom. The zero-order chi connectivity index (χ0) is 16.4. The van der Waals surface area contributed by atoms with E-state index >= 15 is 0 Å². The van der Waals surface area contributed by atoms with E-state index in [2.05, 4.69) is 26.7 Å². The van der Waals surface area contributed by atoms with Crippen LogP contribution in [0.4, 0.5) is 17.3 Å². The van der Waals surface area contributed by atoms with E-state index in [0.717, 1.165) is 31.0 Å². The van der Waals surface area contributed by atoms with Gasteiger partial charge in [-0.05, 0) is 6.42 Å². The predicted molar refractivity (Wildman–Crippen MR) is 90.6 cm³/mol. The smallest absolute Gasteiger partial charge is 0.157 e. The molecule has 1 aromatic heterocycles. The van der Waals surface area contributed by atoms with Crippen LogP contribution in [0.2, 0.25) is 0 Å². The molecule has 7 nitrogen and oxygen atoms in total. The number of unbranched alkanes of at least 4 members (excludes halogenated alkanes) is 1. The lowest BCUT2D eigenvalue weighted by molar-refractivity contribution is 0.190. The van der Waals surface area contributed by atoms with E-state index in [-0.39, 0.29) is 0 Å². The second-order valence-electron chi connectivity index (χ2n) is 5.18. The maximum atomic E-state index is 6.31. The summed E-state index contributed by atoms with van der Waals surface area (Å²) in [6.07, 6.45) is 3.80. The standard InChI is InChI=1S/C15H29N5O2/c1-5-6-7-19(2)14-13(16)15(18-12-17-14)20(8-10-21-3)9-11-22-4/h12H,5-11,16H2,1-4H3. The van der Waals surface area contributed by atoms with Crippen molar-refractivity contribution >= 4 is 17.3 Å². The molecule has 0 unspecified atom stereocenters. The first kappa shape index (κ1) is 18.4. The van der Waals surface area contributed by atoms with Gasteiger partial charge < -0.3 is 25.0 Å². The number of aromatic nitrogens is 2. The van der Waals surface area contributed by atoms with Gasteiger partial charge in [0.2, 0.25) is 0 Å². The van der Waals surface area contributed by atoms with Crippen LogP contribution in [-0.4, -0.2) is 64.1 Å². The molecule has 0 bridgehead atoms. The average molecular weight is 311 g/mol. The zero-order valence-electron chi connectivity index (χ0n) is 14.2. The number of nitrogens with two attached hydrogens (primary N) is 1. The molecule has 2 N–H and O–H groups in total. The molecule has 0 aliphatic rings. The molecule has 0 saturated heterocycles. The van der Waals surface area contributed by atoms with Crippen molar-refractivity contribution < 1.29 is 9.47 Å². The summed E-state index contributed by atoms with van der Waals surface area (Å²) >= 11 is 0. The maximum Gasteiger partial charge on any atom is 0.157 e. The Labute approximate surface area is 133 Å². The first-order valence-corrected chi connectivity index (χ1v) is 7.70. The molecule has 1 rings (SSSR count). The predicted octanol–water partition coefficient (Wildman–Crippen LogP) is 1.39. The van der Waals surface area contributed by atoms with Crippen molar-refractivity contribution in [3.05, 3.63) is 6.33 Å². The Balaban J connectivity index is 2.94. The Hall–Kier alpha value is -1.60. The largest absolute Gasteiger partial charge is 0.393 e. The van der Waals surface area contributed by atoms with Gasteiger partial charge in [0.05, 0.1) is 13.2 Å². The summed E-state index contributed by atoms with van der Waals surface area (Å²) in [7, 11) is 5.37. The van der Waals surface area contributed by atoms with Gasteiger partial charge in [0.1, 0.15) is 12.0 Å². The van der Waals surface area contributed by atoms with Gasteiger partial charge in [-0.1, -0.05) is 13.3 Å². The van der Waals surface area contributed by atoms with Crippen molar-refractivity contribution in [2.75, 3.05) is 69.6 Å². The SMILES string of the molecule is CCCCN(C)c1ncnc(N(CCOC)CCOC)c1N. The van der Waals surface area contributed by atoms with Crippen molar-refractivity contribution in [3.8, 4) is 0 Å². The number of hydrogen-bond acceptors (Lipinski definition) is 7. The normalized spacial score (nSPS) is 10.7. The van der Waals surface area contributed by atoms with Crippen LogP contribution in [0.1, 0.15) is 19.8 Å². The van der Waals surface area contributed by atoms with Crippen molar-refractivity contribution in [3.63, 3.8) is 0 Å². The Morgan fingerprint density at radius 2 is 1.64 bits per heavy atom. The van der Waals surface area contributed by atoms with Crippen LogP contribution in [-0.2, 0) is 9.47 Å². The number of ether oxygens (including phenoxy) is 2. The number of methoxy groups -OCH3 is 2. The van der Waals surface area contributed by atoms with Crippen LogP contribution in [0.3, 0.4) is 0 Å². The van der Waals surface area contributed by atoms with Crippen LogP contribution in [0, 0.1) is 0 Å². The summed E-state index contributed by atoms with van der Waals surface area (Å²) in [6, 6.07) is 0. The number of rotatable bonds is 11. The van der Waals surface area contributed by atoms with Crippen molar-refractivity contribution in [2.45, 2.75) is 19.8 Å². The third kappa shape index (κ3) is 5.31. The lowest BCUT2D eigenvalue weighted by atomic mass is 10.3. The van der Waals surface area contributed by atoms with E-state index in [4.69, 9.17) is 15.2 Å². The number of nitrogen functional groups attached to an aromatic ring is 1. The van der Waals surface area contributed by atoms with E-state index in [1.165, 1.54) is 0 Å². The molecular weight excluding hydrogens is 282 g/mol. The van der Waals surface area contributed by atoms with Gasteiger partial charge in [-0.3, -0.25) is 0 Å². The molecule has 7 heteroatoms. The minimum absolute atomic E-state index is 0.605. The topological polar surface area (TPSA) is 76.7 Å². The molecule has 0 aliphatic heterocycles. The van der Waals surface area contributed by atoms with Crippen molar-refractivity contribution in [1.82, 2.24) is 9.97 Å². The number of anilines is 3. The monoisotopic (exact) mass is 311 g/mol. The summed E-state index contributed by atoms with van der Waals surface area (Å²) in [4.78, 5) is 12.8. The van der Waals surface area contributed by atoms with E-state index < -0.39 is 0 Å². The van der Waals surface area contributed by atoms with Gasteiger partial charge in [-0.25, -0.2) is 9.97 Å². The molecule has 0 fully saturated rings. The third-order valence-corrected chi connectivity index (χ3v) is 3.48. The first-order valence-electron chi connectivity index (χ1n) is 7.70. The fraction of sp³-hybridized carbons (Fsp3) is 0.733. The van der Waals surface area contributed by atoms with Gasteiger partial charge >= 0.3 is 0 Å². The Bertz CT molecular complexity index is 422. The zero-order valence-corrected chi connectivity index (χ0v) is 14.2. The first-order chi connectivity index (χ1) is 10.7. The number of nitrogens with zero attached hydrogens (tertiary/aromatic N) is 4. The van der Waals surface area contributed by atoms with Gasteiger partial charge in [-0.15, -0.1) is 0 Å². The van der Waals surface area contributed by atoms with Crippen LogP contribution in [0.15, 0.2) is 6.33 Å². The van der Waals surface area contributed by atoms with Gasteiger partial charge in [0.15, 0.2) is 11.6 Å². The minimum atomic E-state index is 0.605. The summed E-state index contributed by atoms with van der Waals surface area (Å²) in [5, 5.41) is 0. The van der Waals surface area contributed by atoms with E-state index in [0.29, 0.717) is 32.0 Å². The lowest BCUT2D eigenvalue weighted by Crippen LogP contribution is -2.33. The fourth-order valence-electron chi connectivity index (χ4n) is 2.16. The fourth-order valence-corrected chi connectivity index (χ4v) is 2.16.